The molecule has 0 spiro atoms. The monoisotopic (exact) mass is 497 g/mol. The fourth-order valence-electron chi connectivity index (χ4n) is 2.75. The van der Waals surface area contributed by atoms with Crippen molar-refractivity contribution in [2.45, 2.75) is 25.4 Å². The van der Waals surface area contributed by atoms with Gasteiger partial charge in [0.1, 0.15) is 6.04 Å². The summed E-state index contributed by atoms with van der Waals surface area (Å²) in [5.74, 6) is -3.46. The summed E-state index contributed by atoms with van der Waals surface area (Å²) in [5, 5.41) is 25.0. The number of carboxylic acids is 2. The van der Waals surface area contributed by atoms with Crippen LogP contribution in [0.15, 0.2) is 35.3 Å². The largest absolute Gasteiger partial charge is 1.00 e. The van der Waals surface area contributed by atoms with Crippen LogP contribution >= 0.6 is 0 Å². The van der Waals surface area contributed by atoms with Crippen molar-refractivity contribution in [1.82, 2.24) is 25.3 Å². The summed E-state index contributed by atoms with van der Waals surface area (Å²) in [4.78, 5) is 60.4. The fourth-order valence-corrected chi connectivity index (χ4v) is 2.75. The van der Waals surface area contributed by atoms with Gasteiger partial charge >= 0.3 is 57.4 Å². The zero-order valence-corrected chi connectivity index (χ0v) is 21.1. The molecule has 0 aliphatic rings. The second kappa shape index (κ2) is 13.1. The third kappa shape index (κ3) is 7.82. The number of nitrogens with one attached hydrogen (secondary N) is 3. The summed E-state index contributed by atoms with van der Waals surface area (Å²) in [7, 11) is 0. The number of nitrogen functional groups attached to an aromatic ring is 1. The number of amides is 1. The van der Waals surface area contributed by atoms with E-state index in [1.807, 2.05) is 0 Å². The van der Waals surface area contributed by atoms with Gasteiger partial charge in [-0.15, -0.1) is 0 Å². The van der Waals surface area contributed by atoms with Gasteiger partial charge in [-0.3, -0.25) is 14.6 Å². The topological polar surface area (TPSA) is 248 Å². The SMILES string of the molecule is Nc1nc2ncc(CNc3ccc(C(=O)N[C@@H](CCC(=O)[O-])C(=O)O)cc3)nc2c(=O)[nH]1.O.[K+]. The zero-order valence-electron chi connectivity index (χ0n) is 18.0. The molecule has 0 bridgehead atoms. The molecule has 1 aromatic carbocycles. The molecule has 0 saturated heterocycles. The second-order valence-electron chi connectivity index (χ2n) is 6.69. The number of nitrogens with two attached hydrogens (primary N) is 1. The first-order chi connectivity index (χ1) is 15.2. The molecule has 0 aliphatic heterocycles. The van der Waals surface area contributed by atoms with Crippen LogP contribution in [-0.4, -0.2) is 54.4 Å². The number of nitrogens with zero attached hydrogens (tertiary/aromatic N) is 3. The molecule has 3 aromatic rings. The molecule has 0 unspecified atom stereocenters. The van der Waals surface area contributed by atoms with E-state index in [1.165, 1.54) is 18.3 Å². The van der Waals surface area contributed by atoms with Crippen molar-refractivity contribution >= 4 is 40.6 Å². The molecule has 1 atom stereocenters. The minimum absolute atomic E-state index is 0. The number of carboxylic acid groups (broad SMARTS) is 2. The van der Waals surface area contributed by atoms with Crippen LogP contribution in [0, 0.1) is 0 Å². The Morgan fingerprint density at radius 1 is 1.18 bits per heavy atom. The first-order valence-corrected chi connectivity index (χ1v) is 9.32. The van der Waals surface area contributed by atoms with E-state index in [0.29, 0.717) is 11.4 Å². The molecule has 2 heterocycles. The van der Waals surface area contributed by atoms with Crippen LogP contribution in [0.3, 0.4) is 0 Å². The number of carbonyl (C=O) groups excluding carboxylic acids is 2. The van der Waals surface area contributed by atoms with Crippen LogP contribution in [0.25, 0.3) is 11.2 Å². The predicted octanol–water partition coefficient (Wildman–Crippen LogP) is -5.20. The number of hydrogen-bond donors (Lipinski definition) is 5. The molecule has 0 aliphatic carbocycles. The van der Waals surface area contributed by atoms with Crippen LogP contribution in [0.4, 0.5) is 11.6 Å². The Bertz CT molecular complexity index is 1230. The molecule has 34 heavy (non-hydrogen) atoms. The number of anilines is 2. The average molecular weight is 498 g/mol. The van der Waals surface area contributed by atoms with Gasteiger partial charge in [-0.25, -0.2) is 14.8 Å². The minimum atomic E-state index is -1.40. The number of rotatable bonds is 9. The van der Waals surface area contributed by atoms with Gasteiger partial charge in [-0.1, -0.05) is 0 Å². The number of aliphatic carboxylic acids is 2. The van der Waals surface area contributed by atoms with Gasteiger partial charge in [0.15, 0.2) is 11.2 Å². The molecule has 3 rings (SSSR count). The summed E-state index contributed by atoms with van der Waals surface area (Å²) >= 11 is 0. The number of fused-ring (bicyclic) bond motifs is 1. The Balaban J connectivity index is 0.00000289. The number of H-pyrrole nitrogens is 1. The summed E-state index contributed by atoms with van der Waals surface area (Å²) in [6.07, 6.45) is 0.662. The van der Waals surface area contributed by atoms with Crippen LogP contribution < -0.4 is 78.4 Å². The number of hydrogen-bond acceptors (Lipinski definition) is 10. The molecule has 14 nitrogen and oxygen atoms in total. The van der Waals surface area contributed by atoms with Crippen molar-refractivity contribution in [3.05, 3.63) is 52.1 Å². The summed E-state index contributed by atoms with van der Waals surface area (Å²) in [5.41, 5.74) is 6.43. The van der Waals surface area contributed by atoms with Gasteiger partial charge in [-0.2, -0.15) is 4.98 Å². The first kappa shape index (κ1) is 29.1. The van der Waals surface area contributed by atoms with Gasteiger partial charge in [0.2, 0.25) is 5.95 Å². The van der Waals surface area contributed by atoms with E-state index in [1.54, 1.807) is 12.1 Å². The maximum atomic E-state index is 12.3. The Morgan fingerprint density at radius 3 is 2.47 bits per heavy atom. The molecule has 8 N–H and O–H groups in total. The van der Waals surface area contributed by atoms with Crippen molar-refractivity contribution in [2.75, 3.05) is 11.1 Å². The Labute approximate surface area is 234 Å². The number of aromatic amines is 1. The van der Waals surface area contributed by atoms with E-state index in [4.69, 9.17) is 10.8 Å². The molecule has 0 saturated carbocycles. The quantitative estimate of drug-likeness (QED) is 0.175. The van der Waals surface area contributed by atoms with E-state index in [2.05, 4.69) is 30.6 Å². The summed E-state index contributed by atoms with van der Waals surface area (Å²) in [6, 6.07) is 4.78. The van der Waals surface area contributed by atoms with Crippen molar-refractivity contribution in [3.63, 3.8) is 0 Å². The first-order valence-electron chi connectivity index (χ1n) is 9.32. The number of benzene rings is 1. The zero-order chi connectivity index (χ0) is 23.3. The predicted molar refractivity (Wildman–Crippen MR) is 113 cm³/mol. The maximum Gasteiger partial charge on any atom is 1.00 e. The van der Waals surface area contributed by atoms with Crippen LogP contribution in [-0.2, 0) is 16.1 Å². The van der Waals surface area contributed by atoms with E-state index >= 15 is 0 Å². The summed E-state index contributed by atoms with van der Waals surface area (Å²) < 4.78 is 0. The van der Waals surface area contributed by atoms with Crippen molar-refractivity contribution in [3.8, 4) is 0 Å². The third-order valence-corrected chi connectivity index (χ3v) is 4.35. The van der Waals surface area contributed by atoms with E-state index < -0.39 is 35.9 Å². The van der Waals surface area contributed by atoms with Gasteiger partial charge in [-0.05, 0) is 37.1 Å². The molecule has 1 amide bonds. The fraction of sp³-hybridized carbons (Fsp3) is 0.211. The molecule has 2 aromatic heterocycles. The minimum Gasteiger partial charge on any atom is -0.550 e. The smallest absolute Gasteiger partial charge is 0.550 e. The van der Waals surface area contributed by atoms with E-state index in [0.717, 1.165) is 0 Å². The third-order valence-electron chi connectivity index (χ3n) is 4.35. The molecular formula is C19H20KN7O7. The van der Waals surface area contributed by atoms with Crippen molar-refractivity contribution < 1.29 is 81.5 Å². The van der Waals surface area contributed by atoms with Crippen LogP contribution in [0.5, 0.6) is 0 Å². The molecule has 15 heteroatoms. The van der Waals surface area contributed by atoms with Gasteiger partial charge in [0.25, 0.3) is 11.5 Å². The number of aromatic nitrogens is 4. The van der Waals surface area contributed by atoms with Crippen molar-refractivity contribution in [1.29, 1.82) is 0 Å². The van der Waals surface area contributed by atoms with Crippen LogP contribution in [0.2, 0.25) is 0 Å². The Kier molecular flexibility index (Phi) is 11.2. The number of carbonyl (C=O) groups is 3. The maximum absolute atomic E-state index is 12.3. The van der Waals surface area contributed by atoms with E-state index in [9.17, 15) is 24.3 Å². The van der Waals surface area contributed by atoms with Gasteiger partial charge in [0, 0.05) is 17.2 Å². The van der Waals surface area contributed by atoms with Gasteiger partial charge in [0.05, 0.1) is 18.4 Å². The molecule has 0 fully saturated rings. The normalized spacial score (nSPS) is 10.9. The standard InChI is InChI=1S/C19H19N7O6.K.H2O/c20-19-25-15-14(17(30)26-19)23-11(8-22-15)7-21-10-3-1-9(2-4-10)16(29)24-12(18(31)32)5-6-13(27)28;;/h1-4,8,12,21H,5-7H2,(H,24,29)(H,27,28)(H,31,32)(H3,20,22,25,26,30);;1H2/q;+1;/p-1/t12-;;/m0../s1. The molecule has 0 radical (unpaired) electrons. The Hall–Kier alpha value is -2.95. The van der Waals surface area contributed by atoms with Crippen LogP contribution in [0.1, 0.15) is 28.9 Å². The average Bonchev–Trinajstić information content (AvgIpc) is 2.75. The second-order valence-corrected chi connectivity index (χ2v) is 6.69. The summed E-state index contributed by atoms with van der Waals surface area (Å²) in [6.45, 7) is 0.225. The van der Waals surface area contributed by atoms with Crippen molar-refractivity contribution in [2.24, 2.45) is 0 Å². The molecular weight excluding hydrogens is 477 g/mol. The van der Waals surface area contributed by atoms with E-state index in [-0.39, 0.29) is 92.5 Å². The van der Waals surface area contributed by atoms with Gasteiger partial charge < -0.3 is 36.9 Å². The Morgan fingerprint density at radius 2 is 1.85 bits per heavy atom. The molecule has 174 valence electrons.